The van der Waals surface area contributed by atoms with E-state index in [2.05, 4.69) is 10.5 Å². The van der Waals surface area contributed by atoms with E-state index < -0.39 is 22.3 Å². The van der Waals surface area contributed by atoms with Crippen LogP contribution in [0.1, 0.15) is 15.2 Å². The number of amides is 1. The number of rotatable bonds is 4. The van der Waals surface area contributed by atoms with E-state index in [1.165, 1.54) is 23.5 Å². The van der Waals surface area contributed by atoms with Crippen LogP contribution in [0.15, 0.2) is 40.8 Å². The lowest BCUT2D eigenvalue weighted by molar-refractivity contribution is -0.398. The number of carbonyl (C=O) groups is 1. The summed E-state index contributed by atoms with van der Waals surface area (Å²) >= 11 is 1.25. The number of nitrogens with zero attached hydrogens (tertiary/aromatic N) is 2. The number of hydrogen-bond acceptors (Lipinski definition) is 6. The Kier molecular flexibility index (Phi) is 4.06. The smallest absolute Gasteiger partial charge is 0.281 e. The highest BCUT2D eigenvalue weighted by Crippen LogP contribution is 2.25. The van der Waals surface area contributed by atoms with Gasteiger partial charge in [0.2, 0.25) is 0 Å². The van der Waals surface area contributed by atoms with Crippen LogP contribution in [0.5, 0.6) is 5.75 Å². The summed E-state index contributed by atoms with van der Waals surface area (Å²) in [6.07, 6.45) is 1.08. The van der Waals surface area contributed by atoms with Crippen molar-refractivity contribution < 1.29 is 14.8 Å². The predicted octanol–water partition coefficient (Wildman–Crippen LogP) is 1.49. The SMILES string of the molecule is O=C(N/N=C\c1cccc([N+](=O)[O-])c1[O-])c1cccs1. The topological polar surface area (TPSA) is 108 Å². The molecule has 2 aromatic rings. The minimum absolute atomic E-state index is 0.0330. The molecule has 0 unspecified atom stereocenters. The molecular formula is C12H8N3O4S-. The van der Waals surface area contributed by atoms with Crippen LogP contribution in [0.2, 0.25) is 0 Å². The Hall–Kier alpha value is -2.74. The molecule has 0 saturated heterocycles. The van der Waals surface area contributed by atoms with E-state index in [9.17, 15) is 20.0 Å². The highest BCUT2D eigenvalue weighted by atomic mass is 32.1. The highest BCUT2D eigenvalue weighted by molar-refractivity contribution is 7.12. The third-order valence-corrected chi connectivity index (χ3v) is 3.20. The lowest BCUT2D eigenvalue weighted by Crippen LogP contribution is -2.16. The maximum atomic E-state index is 11.7. The molecule has 1 heterocycles. The quantitative estimate of drug-likeness (QED) is 0.522. The number of carbonyl (C=O) groups excluding carboxylic acids is 1. The lowest BCUT2D eigenvalue weighted by Gasteiger charge is -2.09. The number of nitro benzene ring substituents is 1. The maximum Gasteiger partial charge on any atom is 0.281 e. The molecule has 8 heteroatoms. The predicted molar refractivity (Wildman–Crippen MR) is 71.9 cm³/mol. The van der Waals surface area contributed by atoms with Crippen molar-refractivity contribution in [3.63, 3.8) is 0 Å². The van der Waals surface area contributed by atoms with Gasteiger partial charge in [-0.15, -0.1) is 11.3 Å². The van der Waals surface area contributed by atoms with E-state index in [1.807, 2.05) is 0 Å². The van der Waals surface area contributed by atoms with Gasteiger partial charge in [0.15, 0.2) is 0 Å². The Bertz CT molecular complexity index is 667. The summed E-state index contributed by atoms with van der Waals surface area (Å²) in [5.74, 6) is -1.15. The first kappa shape index (κ1) is 13.7. The van der Waals surface area contributed by atoms with E-state index in [-0.39, 0.29) is 5.56 Å². The second-order valence-corrected chi connectivity index (χ2v) is 4.58. The lowest BCUT2D eigenvalue weighted by atomic mass is 10.2. The van der Waals surface area contributed by atoms with Crippen molar-refractivity contribution in [2.24, 2.45) is 5.10 Å². The van der Waals surface area contributed by atoms with Crippen molar-refractivity contribution in [3.05, 3.63) is 56.3 Å². The van der Waals surface area contributed by atoms with Gasteiger partial charge in [0.05, 0.1) is 16.0 Å². The maximum absolute atomic E-state index is 11.7. The van der Waals surface area contributed by atoms with E-state index in [1.54, 1.807) is 17.5 Å². The molecule has 0 radical (unpaired) electrons. The fourth-order valence-electron chi connectivity index (χ4n) is 1.41. The number of para-hydroxylation sites is 1. The number of nitrogens with one attached hydrogen (secondary N) is 1. The number of thiophene rings is 1. The van der Waals surface area contributed by atoms with Crippen LogP contribution >= 0.6 is 11.3 Å². The molecule has 0 aliphatic rings. The summed E-state index contributed by atoms with van der Waals surface area (Å²) in [5.41, 5.74) is 1.75. The third kappa shape index (κ3) is 2.98. The molecule has 0 atom stereocenters. The number of hydrogen-bond donors (Lipinski definition) is 1. The second-order valence-electron chi connectivity index (χ2n) is 3.63. The Balaban J connectivity index is 2.10. The van der Waals surface area contributed by atoms with Gasteiger partial charge in [-0.05, 0) is 22.8 Å². The van der Waals surface area contributed by atoms with Gasteiger partial charge in [-0.2, -0.15) is 5.10 Å². The Morgan fingerprint density at radius 3 is 2.80 bits per heavy atom. The molecule has 0 aliphatic heterocycles. The van der Waals surface area contributed by atoms with Crippen molar-refractivity contribution in [2.75, 3.05) is 0 Å². The average molecular weight is 290 g/mol. The van der Waals surface area contributed by atoms with Gasteiger partial charge in [-0.25, -0.2) is 5.43 Å². The van der Waals surface area contributed by atoms with Gasteiger partial charge < -0.3 is 5.11 Å². The molecule has 20 heavy (non-hydrogen) atoms. The number of nitro groups is 1. The monoisotopic (exact) mass is 290 g/mol. The summed E-state index contributed by atoms with van der Waals surface area (Å²) in [5, 5.41) is 27.6. The summed E-state index contributed by atoms with van der Waals surface area (Å²) in [6.45, 7) is 0. The van der Waals surface area contributed by atoms with Gasteiger partial charge in [0, 0.05) is 6.07 Å². The Morgan fingerprint density at radius 1 is 1.35 bits per heavy atom. The van der Waals surface area contributed by atoms with E-state index in [0.29, 0.717) is 4.88 Å². The van der Waals surface area contributed by atoms with Gasteiger partial charge in [0.25, 0.3) is 11.6 Å². The fourth-order valence-corrected chi connectivity index (χ4v) is 2.02. The standard InChI is InChI=1S/C12H9N3O4S/c16-11-8(3-1-4-9(11)15(18)19)7-13-14-12(17)10-5-2-6-20-10/h1-7,16H,(H,14,17)/p-1/b13-7-. The van der Waals surface area contributed by atoms with Crippen molar-refractivity contribution in [1.82, 2.24) is 5.43 Å². The Morgan fingerprint density at radius 2 is 2.15 bits per heavy atom. The van der Waals surface area contributed by atoms with E-state index in [0.717, 1.165) is 12.3 Å². The zero-order chi connectivity index (χ0) is 14.5. The molecule has 0 saturated carbocycles. The molecule has 1 aromatic carbocycles. The summed E-state index contributed by atoms with van der Waals surface area (Å²) < 4.78 is 0. The van der Waals surface area contributed by atoms with Crippen LogP contribution in [0, 0.1) is 10.1 Å². The molecule has 0 spiro atoms. The minimum atomic E-state index is -0.760. The van der Waals surface area contributed by atoms with Crippen LogP contribution in [-0.4, -0.2) is 17.0 Å². The van der Waals surface area contributed by atoms with Gasteiger partial charge in [-0.3, -0.25) is 14.9 Å². The van der Waals surface area contributed by atoms with Crippen molar-refractivity contribution in [2.45, 2.75) is 0 Å². The van der Waals surface area contributed by atoms with E-state index in [4.69, 9.17) is 0 Å². The number of benzene rings is 1. The van der Waals surface area contributed by atoms with Crippen molar-refractivity contribution in [3.8, 4) is 5.75 Å². The fraction of sp³-hybridized carbons (Fsp3) is 0. The molecule has 1 N–H and O–H groups in total. The average Bonchev–Trinajstić information content (AvgIpc) is 2.94. The third-order valence-electron chi connectivity index (χ3n) is 2.34. The minimum Gasteiger partial charge on any atom is -0.867 e. The summed E-state index contributed by atoms with van der Waals surface area (Å²) in [6, 6.07) is 7.23. The first-order valence-electron chi connectivity index (χ1n) is 5.41. The number of hydrazone groups is 1. The van der Waals surface area contributed by atoms with Crippen LogP contribution in [0.4, 0.5) is 5.69 Å². The zero-order valence-electron chi connectivity index (χ0n) is 9.98. The first-order chi connectivity index (χ1) is 9.59. The summed E-state index contributed by atoms with van der Waals surface area (Å²) in [4.78, 5) is 21.9. The molecule has 0 fully saturated rings. The van der Waals surface area contributed by atoms with Gasteiger partial charge in [-0.1, -0.05) is 18.2 Å². The van der Waals surface area contributed by atoms with Gasteiger partial charge >= 0.3 is 0 Å². The molecule has 1 aromatic heterocycles. The van der Waals surface area contributed by atoms with Crippen molar-refractivity contribution in [1.29, 1.82) is 0 Å². The second kappa shape index (κ2) is 5.93. The molecule has 102 valence electrons. The normalized spacial score (nSPS) is 10.6. The molecule has 7 nitrogen and oxygen atoms in total. The molecule has 0 aliphatic carbocycles. The van der Waals surface area contributed by atoms with Crippen LogP contribution in [0.25, 0.3) is 0 Å². The first-order valence-corrected chi connectivity index (χ1v) is 6.29. The highest BCUT2D eigenvalue weighted by Gasteiger charge is 2.08. The molecule has 2 rings (SSSR count). The summed E-state index contributed by atoms with van der Waals surface area (Å²) in [7, 11) is 0. The van der Waals surface area contributed by atoms with E-state index >= 15 is 0 Å². The zero-order valence-corrected chi connectivity index (χ0v) is 10.8. The van der Waals surface area contributed by atoms with Crippen molar-refractivity contribution >= 4 is 29.1 Å². The van der Waals surface area contributed by atoms with Crippen LogP contribution in [-0.2, 0) is 0 Å². The van der Waals surface area contributed by atoms with Crippen LogP contribution in [0.3, 0.4) is 0 Å². The molecule has 0 bridgehead atoms. The molecule has 1 amide bonds. The Labute approximate surface area is 117 Å². The molecular weight excluding hydrogens is 282 g/mol. The largest absolute Gasteiger partial charge is 0.867 e. The van der Waals surface area contributed by atoms with Gasteiger partial charge in [0.1, 0.15) is 0 Å². The van der Waals surface area contributed by atoms with Crippen LogP contribution < -0.4 is 10.5 Å².